The summed E-state index contributed by atoms with van der Waals surface area (Å²) in [6.45, 7) is -2.15. The first-order valence-corrected chi connectivity index (χ1v) is 0.762. The zero-order valence-electron chi connectivity index (χ0n) is 4.43. The van der Waals surface area contributed by atoms with Gasteiger partial charge in [-0.25, -0.2) is 0 Å². The molecule has 0 saturated heterocycles. The van der Waals surface area contributed by atoms with Gasteiger partial charge in [0, 0.05) is 0 Å². The van der Waals surface area contributed by atoms with Crippen LogP contribution in [0.25, 0.3) is 0 Å². The number of nitrogens with zero attached hydrogens (tertiary/aromatic N) is 1. The van der Waals surface area contributed by atoms with E-state index in [9.17, 15) is 0 Å². The molecule has 0 amide bonds. The molecule has 5 heavy (non-hydrogen) atoms. The largest absolute Gasteiger partial charge is 0.318 e. The third-order valence-electron chi connectivity index (χ3n) is 0.0645. The molecule has 0 heterocycles. The molecule has 30 valence electrons. The molecule has 2 N–H and O–H groups in total. The van der Waals surface area contributed by atoms with Gasteiger partial charge in [0.25, 0.3) is 0 Å². The van der Waals surface area contributed by atoms with E-state index < -0.39 is 6.50 Å². The third kappa shape index (κ3) is 20.7. The van der Waals surface area contributed by atoms with E-state index in [4.69, 9.17) is 8.00 Å². The van der Waals surface area contributed by atoms with Gasteiger partial charge in [-0.15, -0.1) is 12.4 Å². The number of rotatable bonds is 0. The lowest BCUT2D eigenvalue weighted by Gasteiger charge is -1.51. The van der Waals surface area contributed by atoms with Crippen molar-refractivity contribution in [3.05, 3.63) is 0 Å². The van der Waals surface area contributed by atoms with Gasteiger partial charge >= 0.3 is 0 Å². The van der Waals surface area contributed by atoms with Crippen LogP contribution in [0.2, 0.25) is 0 Å². The van der Waals surface area contributed by atoms with Crippen molar-refractivity contribution in [1.82, 2.24) is 0 Å². The predicted octanol–water partition coefficient (Wildman–Crippen LogP) is -0.110. The number of halogens is 1. The Morgan fingerprint density at radius 3 is 2.40 bits per heavy atom. The van der Waals surface area contributed by atoms with Crippen LogP contribution in [0, 0.1) is 11.3 Å². The zero-order chi connectivity index (χ0) is 5.21. The number of hydrogen-bond acceptors (Lipinski definition) is 2. The van der Waals surface area contributed by atoms with Crippen LogP contribution in [-0.4, -0.2) is 6.50 Å². The van der Waals surface area contributed by atoms with Gasteiger partial charge in [0.05, 0.1) is 15.3 Å². The molecule has 0 fully saturated rings. The minimum absolute atomic E-state index is 0. The van der Waals surface area contributed by atoms with E-state index in [1.54, 1.807) is 0 Å². The molecule has 0 radical (unpaired) electrons. The van der Waals surface area contributed by atoms with E-state index in [1.165, 1.54) is 6.07 Å². The Kier molecular flexibility index (Phi) is 5.47. The first kappa shape index (κ1) is 2.95. The van der Waals surface area contributed by atoms with E-state index in [-0.39, 0.29) is 12.4 Å². The van der Waals surface area contributed by atoms with Crippen LogP contribution in [0.1, 0.15) is 2.74 Å². The van der Waals surface area contributed by atoms with Crippen molar-refractivity contribution < 1.29 is 2.74 Å². The quantitative estimate of drug-likeness (QED) is 0.426. The Balaban J connectivity index is 0. The highest BCUT2D eigenvalue weighted by atomic mass is 35.5. The Labute approximate surface area is 39.8 Å². The maximum atomic E-state index is 7.65. The number of hydrogen-bond donors (Lipinski definition) is 1. The molecular weight excluding hydrogens is 87.5 g/mol. The van der Waals surface area contributed by atoms with Crippen LogP contribution in [0.15, 0.2) is 0 Å². The SMILES string of the molecule is Cl.[2H]C([2H])(N)C#N. The van der Waals surface area contributed by atoms with E-state index >= 15 is 0 Å². The van der Waals surface area contributed by atoms with Crippen molar-refractivity contribution in [3.63, 3.8) is 0 Å². The first-order valence-electron chi connectivity index (χ1n) is 1.76. The predicted molar refractivity (Wildman–Crippen MR) is 21.9 cm³/mol. The molecule has 0 aliphatic carbocycles. The maximum Gasteiger partial charge on any atom is 0.0815 e. The highest BCUT2D eigenvalue weighted by Gasteiger charge is 1.48. The molecular formula is C2H5ClN2. The van der Waals surface area contributed by atoms with E-state index in [0.29, 0.717) is 0 Å². The van der Waals surface area contributed by atoms with Crippen LogP contribution in [0.3, 0.4) is 0 Å². The standard InChI is InChI=1S/C2H4N2.ClH/c3-1-2-4;/h1,3H2;1H/i1D2;. The van der Waals surface area contributed by atoms with E-state index in [1.807, 2.05) is 0 Å². The molecule has 0 bridgehead atoms. The summed E-state index contributed by atoms with van der Waals surface area (Å²) in [6, 6.07) is 1.22. The Bertz CT molecular complexity index is 80.7. The van der Waals surface area contributed by atoms with Gasteiger partial charge in [0.1, 0.15) is 0 Å². The van der Waals surface area contributed by atoms with Gasteiger partial charge in [-0.3, -0.25) is 0 Å². The van der Waals surface area contributed by atoms with Crippen molar-refractivity contribution in [2.75, 3.05) is 6.50 Å². The summed E-state index contributed by atoms with van der Waals surface area (Å²) in [7, 11) is 0. The summed E-state index contributed by atoms with van der Waals surface area (Å²) >= 11 is 0. The van der Waals surface area contributed by atoms with Gasteiger partial charge in [0.15, 0.2) is 0 Å². The molecule has 0 unspecified atom stereocenters. The van der Waals surface area contributed by atoms with Crippen molar-refractivity contribution in [2.24, 2.45) is 5.73 Å². The lowest BCUT2D eigenvalue weighted by atomic mass is 10.8. The maximum absolute atomic E-state index is 7.65. The zero-order valence-corrected chi connectivity index (χ0v) is 3.25. The van der Waals surface area contributed by atoms with Crippen molar-refractivity contribution in [2.45, 2.75) is 0 Å². The fourth-order valence-corrected chi connectivity index (χ4v) is 0. The topological polar surface area (TPSA) is 49.8 Å². The lowest BCUT2D eigenvalue weighted by molar-refractivity contribution is 1.25. The van der Waals surface area contributed by atoms with E-state index in [2.05, 4.69) is 5.73 Å². The molecule has 0 aliphatic heterocycles. The van der Waals surface area contributed by atoms with Crippen molar-refractivity contribution >= 4 is 12.4 Å². The minimum atomic E-state index is -2.15. The monoisotopic (exact) mass is 94.0 g/mol. The van der Waals surface area contributed by atoms with Gasteiger partial charge in [-0.05, 0) is 0 Å². The second-order valence-electron chi connectivity index (χ2n) is 0.256. The molecule has 0 aromatic carbocycles. The number of nitriles is 1. The summed E-state index contributed by atoms with van der Waals surface area (Å²) in [5, 5.41) is 7.65. The lowest BCUT2D eigenvalue weighted by Crippen LogP contribution is -1.91. The van der Waals surface area contributed by atoms with Crippen LogP contribution >= 0.6 is 12.4 Å². The van der Waals surface area contributed by atoms with Crippen LogP contribution in [0.4, 0.5) is 0 Å². The summed E-state index contributed by atoms with van der Waals surface area (Å²) in [6.07, 6.45) is 0. The average Bonchev–Trinajstić information content (AvgIpc) is 1.35. The molecule has 2 nitrogen and oxygen atoms in total. The van der Waals surface area contributed by atoms with Crippen LogP contribution in [-0.2, 0) is 0 Å². The smallest absolute Gasteiger partial charge is 0.0815 e. The van der Waals surface area contributed by atoms with Gasteiger partial charge in [-0.1, -0.05) is 0 Å². The second kappa shape index (κ2) is 9.27. The summed E-state index contributed by atoms with van der Waals surface area (Å²) in [5.74, 6) is 0. The van der Waals surface area contributed by atoms with Gasteiger partial charge < -0.3 is 5.73 Å². The van der Waals surface area contributed by atoms with Gasteiger partial charge in [-0.2, -0.15) is 5.26 Å². The Morgan fingerprint density at radius 1 is 2.20 bits per heavy atom. The van der Waals surface area contributed by atoms with Crippen LogP contribution < -0.4 is 5.73 Å². The molecule has 0 spiro atoms. The van der Waals surface area contributed by atoms with Crippen molar-refractivity contribution in [1.29, 1.82) is 5.26 Å². The Hall–Kier alpha value is -0.260. The first-order chi connectivity index (χ1) is 2.56. The molecule has 0 aliphatic rings. The molecule has 0 saturated carbocycles. The summed E-state index contributed by atoms with van der Waals surface area (Å²) < 4.78 is 12.5. The number of nitrogens with two attached hydrogens (primary N) is 1. The molecule has 0 aromatic heterocycles. The minimum Gasteiger partial charge on any atom is -0.318 e. The highest BCUT2D eigenvalue weighted by Crippen LogP contribution is 1.25. The second-order valence-corrected chi connectivity index (χ2v) is 0.256. The summed E-state index contributed by atoms with van der Waals surface area (Å²) in [4.78, 5) is 0. The average molecular weight is 94.5 g/mol. The van der Waals surface area contributed by atoms with Gasteiger partial charge in [0.2, 0.25) is 0 Å². The van der Waals surface area contributed by atoms with Crippen molar-refractivity contribution in [3.8, 4) is 6.07 Å². The normalized spacial score (nSPS) is 12.8. The van der Waals surface area contributed by atoms with Crippen LogP contribution in [0.5, 0.6) is 0 Å². The molecule has 0 atom stereocenters. The summed E-state index contributed by atoms with van der Waals surface area (Å²) in [5.41, 5.74) is 4.51. The fraction of sp³-hybridized carbons (Fsp3) is 0.500. The molecule has 0 aromatic rings. The highest BCUT2D eigenvalue weighted by molar-refractivity contribution is 5.85. The molecule has 3 heteroatoms. The third-order valence-corrected chi connectivity index (χ3v) is 0.0645. The fourth-order valence-electron chi connectivity index (χ4n) is 0. The molecule has 0 rings (SSSR count). The Morgan fingerprint density at radius 2 is 2.40 bits per heavy atom. The van der Waals surface area contributed by atoms with E-state index in [0.717, 1.165) is 0 Å².